The lowest BCUT2D eigenvalue weighted by molar-refractivity contribution is -0.117. The van der Waals surface area contributed by atoms with Crippen molar-refractivity contribution in [2.24, 2.45) is 0 Å². The van der Waals surface area contributed by atoms with Crippen LogP contribution in [0.3, 0.4) is 0 Å². The minimum absolute atomic E-state index is 0.0715. The molecule has 0 fully saturated rings. The number of hydrogen-bond acceptors (Lipinski definition) is 5. The Kier molecular flexibility index (Phi) is 6.67. The Labute approximate surface area is 157 Å². The zero-order chi connectivity index (χ0) is 19.8. The molecule has 1 N–H and O–H groups in total. The molecule has 0 radical (unpaired) electrons. The van der Waals surface area contributed by atoms with Crippen LogP contribution in [0.4, 0.5) is 11.4 Å². The molecule has 2 amide bonds. The molecule has 0 aliphatic rings. The smallest absolute Gasteiger partial charge is 0.337 e. The second-order valence-corrected chi connectivity index (χ2v) is 5.70. The number of rotatable bonds is 6. The van der Waals surface area contributed by atoms with Crippen LogP contribution in [0, 0.1) is 11.3 Å². The number of methoxy groups -OCH3 is 1. The second-order valence-electron chi connectivity index (χ2n) is 5.70. The number of amides is 2. The summed E-state index contributed by atoms with van der Waals surface area (Å²) in [6, 6.07) is 15.0. The van der Waals surface area contributed by atoms with Crippen LogP contribution in [0.5, 0.6) is 0 Å². The van der Waals surface area contributed by atoms with Crippen LogP contribution in [0.2, 0.25) is 0 Å². The Balaban J connectivity index is 2.04. The maximum atomic E-state index is 12.2. The lowest BCUT2D eigenvalue weighted by atomic mass is 10.1. The van der Waals surface area contributed by atoms with E-state index in [9.17, 15) is 14.4 Å². The van der Waals surface area contributed by atoms with Gasteiger partial charge in [-0.1, -0.05) is 6.07 Å². The Morgan fingerprint density at radius 2 is 1.85 bits per heavy atom. The molecular formula is C20H19N3O4. The first-order valence-electron chi connectivity index (χ1n) is 8.21. The van der Waals surface area contributed by atoms with E-state index in [1.165, 1.54) is 18.9 Å². The van der Waals surface area contributed by atoms with Crippen LogP contribution in [0.1, 0.15) is 29.3 Å². The number of nitrogens with zero attached hydrogens (tertiary/aromatic N) is 2. The van der Waals surface area contributed by atoms with E-state index >= 15 is 0 Å². The third kappa shape index (κ3) is 5.41. The fraction of sp³-hybridized carbons (Fsp3) is 0.200. The van der Waals surface area contributed by atoms with Gasteiger partial charge in [-0.2, -0.15) is 5.26 Å². The fourth-order valence-corrected chi connectivity index (χ4v) is 2.45. The quantitative estimate of drug-likeness (QED) is 0.794. The lowest BCUT2D eigenvalue weighted by Gasteiger charge is -2.21. The molecule has 7 nitrogen and oxygen atoms in total. The number of carbonyl (C=O) groups excluding carboxylic acids is 3. The standard InChI is InChI=1S/C20H19N3O4/c1-14(24)23(18-5-3-4-16(12-18)20(26)27-2)11-10-19(25)22-17-8-6-15(13-21)7-9-17/h3-9,12H,10-11H2,1-2H3,(H,22,25). The Morgan fingerprint density at radius 3 is 2.44 bits per heavy atom. The maximum Gasteiger partial charge on any atom is 0.337 e. The normalized spacial score (nSPS) is 9.81. The molecule has 2 aromatic rings. The van der Waals surface area contributed by atoms with E-state index in [0.717, 1.165) is 0 Å². The molecule has 7 heteroatoms. The summed E-state index contributed by atoms with van der Waals surface area (Å²) >= 11 is 0. The molecule has 27 heavy (non-hydrogen) atoms. The van der Waals surface area contributed by atoms with Gasteiger partial charge < -0.3 is 15.0 Å². The van der Waals surface area contributed by atoms with Gasteiger partial charge in [-0.05, 0) is 42.5 Å². The highest BCUT2D eigenvalue weighted by molar-refractivity contribution is 5.96. The van der Waals surface area contributed by atoms with Gasteiger partial charge in [0.05, 0.1) is 24.3 Å². The van der Waals surface area contributed by atoms with Gasteiger partial charge in [0.15, 0.2) is 0 Å². The Morgan fingerprint density at radius 1 is 1.15 bits per heavy atom. The summed E-state index contributed by atoms with van der Waals surface area (Å²) in [7, 11) is 1.28. The van der Waals surface area contributed by atoms with Crippen LogP contribution in [-0.2, 0) is 14.3 Å². The predicted octanol–water partition coefficient (Wildman–Crippen LogP) is 2.73. The topological polar surface area (TPSA) is 99.5 Å². The summed E-state index contributed by atoms with van der Waals surface area (Å²) in [5, 5.41) is 11.5. The monoisotopic (exact) mass is 365 g/mol. The van der Waals surface area contributed by atoms with Gasteiger partial charge in [0.25, 0.3) is 0 Å². The van der Waals surface area contributed by atoms with Gasteiger partial charge in [0, 0.05) is 31.3 Å². The molecule has 0 bridgehead atoms. The zero-order valence-corrected chi connectivity index (χ0v) is 15.1. The van der Waals surface area contributed by atoms with E-state index in [-0.39, 0.29) is 24.8 Å². The largest absolute Gasteiger partial charge is 0.465 e. The van der Waals surface area contributed by atoms with Crippen LogP contribution >= 0.6 is 0 Å². The van der Waals surface area contributed by atoms with Crippen molar-refractivity contribution in [3.8, 4) is 6.07 Å². The van der Waals surface area contributed by atoms with Crippen molar-refractivity contribution in [3.63, 3.8) is 0 Å². The minimum atomic E-state index is -0.501. The van der Waals surface area contributed by atoms with E-state index in [1.54, 1.807) is 48.5 Å². The summed E-state index contributed by atoms with van der Waals surface area (Å²) in [4.78, 5) is 37.2. The van der Waals surface area contributed by atoms with Crippen LogP contribution in [-0.4, -0.2) is 31.4 Å². The van der Waals surface area contributed by atoms with E-state index < -0.39 is 5.97 Å². The molecule has 0 unspecified atom stereocenters. The molecule has 2 aromatic carbocycles. The van der Waals surface area contributed by atoms with Crippen molar-refractivity contribution < 1.29 is 19.1 Å². The Hall–Kier alpha value is -3.66. The third-order valence-electron chi connectivity index (χ3n) is 3.82. The SMILES string of the molecule is COC(=O)c1cccc(N(CCC(=O)Nc2ccc(C#N)cc2)C(C)=O)c1. The van der Waals surface area contributed by atoms with Crippen LogP contribution in [0.25, 0.3) is 0 Å². The highest BCUT2D eigenvalue weighted by Crippen LogP contribution is 2.18. The Bertz CT molecular complexity index is 885. The number of nitriles is 1. The van der Waals surface area contributed by atoms with Gasteiger partial charge in [0.2, 0.25) is 11.8 Å². The van der Waals surface area contributed by atoms with E-state index in [2.05, 4.69) is 10.1 Å². The van der Waals surface area contributed by atoms with Gasteiger partial charge in [-0.15, -0.1) is 0 Å². The number of hydrogen-bond donors (Lipinski definition) is 1. The molecule has 0 aliphatic heterocycles. The van der Waals surface area contributed by atoms with Crippen molar-refractivity contribution in [1.29, 1.82) is 5.26 Å². The maximum absolute atomic E-state index is 12.2. The van der Waals surface area contributed by atoms with E-state index in [1.807, 2.05) is 6.07 Å². The number of carbonyl (C=O) groups is 3. The summed E-state index contributed by atoms with van der Waals surface area (Å²) in [5.41, 5.74) is 1.90. The summed E-state index contributed by atoms with van der Waals surface area (Å²) < 4.78 is 4.69. The van der Waals surface area contributed by atoms with Crippen molar-refractivity contribution in [1.82, 2.24) is 0 Å². The first-order chi connectivity index (χ1) is 12.9. The molecule has 0 atom stereocenters. The summed E-state index contributed by atoms with van der Waals surface area (Å²) in [6.07, 6.45) is 0.0715. The zero-order valence-electron chi connectivity index (χ0n) is 15.1. The number of ether oxygens (including phenoxy) is 1. The average Bonchev–Trinajstić information content (AvgIpc) is 2.68. The number of anilines is 2. The first-order valence-corrected chi connectivity index (χ1v) is 8.21. The molecule has 2 rings (SSSR count). The molecule has 0 saturated heterocycles. The molecule has 0 heterocycles. The van der Waals surface area contributed by atoms with Gasteiger partial charge in [-0.25, -0.2) is 4.79 Å². The van der Waals surface area contributed by atoms with E-state index in [4.69, 9.17) is 5.26 Å². The number of benzene rings is 2. The van der Waals surface area contributed by atoms with E-state index in [0.29, 0.717) is 22.5 Å². The van der Waals surface area contributed by atoms with Gasteiger partial charge in [-0.3, -0.25) is 9.59 Å². The molecule has 0 aliphatic carbocycles. The highest BCUT2D eigenvalue weighted by atomic mass is 16.5. The highest BCUT2D eigenvalue weighted by Gasteiger charge is 2.15. The third-order valence-corrected chi connectivity index (χ3v) is 3.82. The van der Waals surface area contributed by atoms with Crippen molar-refractivity contribution >= 4 is 29.2 Å². The summed E-state index contributed by atoms with van der Waals surface area (Å²) in [5.74, 6) is -1.02. The van der Waals surface area contributed by atoms with Gasteiger partial charge >= 0.3 is 5.97 Å². The second kappa shape index (κ2) is 9.15. The number of esters is 1. The van der Waals surface area contributed by atoms with Crippen LogP contribution < -0.4 is 10.2 Å². The summed E-state index contributed by atoms with van der Waals surface area (Å²) in [6.45, 7) is 1.55. The number of nitrogens with one attached hydrogen (secondary N) is 1. The lowest BCUT2D eigenvalue weighted by Crippen LogP contribution is -2.32. The molecule has 138 valence electrons. The van der Waals surface area contributed by atoms with Crippen LogP contribution in [0.15, 0.2) is 48.5 Å². The molecule has 0 aromatic heterocycles. The van der Waals surface area contributed by atoms with Crippen molar-refractivity contribution in [3.05, 3.63) is 59.7 Å². The first kappa shape index (κ1) is 19.7. The fourth-order valence-electron chi connectivity index (χ4n) is 2.45. The molecular weight excluding hydrogens is 346 g/mol. The average molecular weight is 365 g/mol. The van der Waals surface area contributed by atoms with Crippen molar-refractivity contribution in [2.75, 3.05) is 23.9 Å². The van der Waals surface area contributed by atoms with Crippen molar-refractivity contribution in [2.45, 2.75) is 13.3 Å². The van der Waals surface area contributed by atoms with Gasteiger partial charge in [0.1, 0.15) is 0 Å². The minimum Gasteiger partial charge on any atom is -0.465 e. The molecule has 0 saturated carbocycles. The predicted molar refractivity (Wildman–Crippen MR) is 100 cm³/mol. The molecule has 0 spiro atoms.